The standard InChI is InChI=1S/C24H31FN2O5S/c1-3-5-6-18(4-2)16-26-24(28)17-27(20-9-7-19(25)8-10-20)33(29,30)21-11-12-22-23(15-21)32-14-13-31-22/h7-12,15,18H,3-6,13-14,16-17H2,1-2H3,(H,26,28)/t18-/m0/s1. The highest BCUT2D eigenvalue weighted by Gasteiger charge is 2.29. The molecule has 0 saturated heterocycles. The molecular weight excluding hydrogens is 447 g/mol. The molecule has 0 fully saturated rings. The number of fused-ring (bicyclic) bond motifs is 1. The molecule has 1 heterocycles. The fourth-order valence-electron chi connectivity index (χ4n) is 3.62. The second kappa shape index (κ2) is 11.4. The van der Waals surface area contributed by atoms with Gasteiger partial charge >= 0.3 is 0 Å². The molecule has 0 radical (unpaired) electrons. The van der Waals surface area contributed by atoms with E-state index in [-0.39, 0.29) is 10.6 Å². The molecule has 0 spiro atoms. The first-order valence-electron chi connectivity index (χ1n) is 11.3. The number of anilines is 1. The van der Waals surface area contributed by atoms with Crippen LogP contribution in [0.2, 0.25) is 0 Å². The van der Waals surface area contributed by atoms with Crippen molar-refractivity contribution in [3.8, 4) is 11.5 Å². The summed E-state index contributed by atoms with van der Waals surface area (Å²) < 4.78 is 52.5. The average Bonchev–Trinajstić information content (AvgIpc) is 2.83. The smallest absolute Gasteiger partial charge is 0.264 e. The van der Waals surface area contributed by atoms with Crippen molar-refractivity contribution < 1.29 is 27.1 Å². The number of rotatable bonds is 11. The monoisotopic (exact) mass is 478 g/mol. The highest BCUT2D eigenvalue weighted by molar-refractivity contribution is 7.92. The van der Waals surface area contributed by atoms with Gasteiger partial charge in [-0.2, -0.15) is 0 Å². The first-order valence-corrected chi connectivity index (χ1v) is 12.7. The van der Waals surface area contributed by atoms with E-state index in [0.29, 0.717) is 37.2 Å². The first kappa shape index (κ1) is 24.8. The Bertz CT molecular complexity index is 1040. The number of benzene rings is 2. The molecule has 2 aromatic carbocycles. The fraction of sp³-hybridized carbons (Fsp3) is 0.458. The normalized spacial score (nSPS) is 13.9. The van der Waals surface area contributed by atoms with E-state index in [9.17, 15) is 17.6 Å². The minimum atomic E-state index is -4.14. The number of unbranched alkanes of at least 4 members (excludes halogenated alkanes) is 1. The van der Waals surface area contributed by atoms with Crippen LogP contribution >= 0.6 is 0 Å². The summed E-state index contributed by atoms with van der Waals surface area (Å²) in [6.45, 7) is 4.96. The van der Waals surface area contributed by atoms with Gasteiger partial charge in [-0.15, -0.1) is 0 Å². The summed E-state index contributed by atoms with van der Waals surface area (Å²) in [7, 11) is -4.14. The van der Waals surface area contributed by atoms with Gasteiger partial charge in [0.25, 0.3) is 10.0 Å². The van der Waals surface area contributed by atoms with Gasteiger partial charge in [0.2, 0.25) is 5.91 Å². The van der Waals surface area contributed by atoms with Crippen LogP contribution in [0.3, 0.4) is 0 Å². The number of halogens is 1. The van der Waals surface area contributed by atoms with E-state index in [1.54, 1.807) is 0 Å². The predicted molar refractivity (Wildman–Crippen MR) is 125 cm³/mol. The number of nitrogens with zero attached hydrogens (tertiary/aromatic N) is 1. The molecule has 0 aromatic heterocycles. The number of hydrogen-bond donors (Lipinski definition) is 1. The zero-order valence-electron chi connectivity index (χ0n) is 19.1. The molecule has 0 aliphatic carbocycles. The number of amides is 1. The molecule has 2 aromatic rings. The Morgan fingerprint density at radius 1 is 1.09 bits per heavy atom. The Hall–Kier alpha value is -2.81. The van der Waals surface area contributed by atoms with E-state index >= 15 is 0 Å². The summed E-state index contributed by atoms with van der Waals surface area (Å²) in [5.74, 6) is 0.205. The molecule has 1 amide bonds. The van der Waals surface area contributed by atoms with E-state index in [1.165, 1.54) is 30.3 Å². The maximum absolute atomic E-state index is 13.5. The summed E-state index contributed by atoms with van der Waals surface area (Å²) in [6.07, 6.45) is 4.09. The van der Waals surface area contributed by atoms with Crippen LogP contribution in [0.5, 0.6) is 11.5 Å². The van der Waals surface area contributed by atoms with Crippen molar-refractivity contribution in [3.63, 3.8) is 0 Å². The fourth-order valence-corrected chi connectivity index (χ4v) is 5.06. The van der Waals surface area contributed by atoms with E-state index in [4.69, 9.17) is 9.47 Å². The highest BCUT2D eigenvalue weighted by atomic mass is 32.2. The van der Waals surface area contributed by atoms with Crippen LogP contribution in [-0.4, -0.2) is 40.6 Å². The Kier molecular flexibility index (Phi) is 8.55. The van der Waals surface area contributed by atoms with Gasteiger partial charge in [0, 0.05) is 12.6 Å². The van der Waals surface area contributed by atoms with Crippen molar-refractivity contribution in [2.45, 2.75) is 44.4 Å². The Balaban J connectivity index is 1.84. The topological polar surface area (TPSA) is 84.9 Å². The SMILES string of the molecule is CCCC[C@H](CC)CNC(=O)CN(c1ccc(F)cc1)S(=O)(=O)c1ccc2c(c1)OCCO2. The van der Waals surface area contributed by atoms with E-state index < -0.39 is 28.3 Å². The largest absolute Gasteiger partial charge is 0.486 e. The predicted octanol–water partition coefficient (Wildman–Crippen LogP) is 4.12. The minimum Gasteiger partial charge on any atom is -0.486 e. The average molecular weight is 479 g/mol. The number of carbonyl (C=O) groups is 1. The first-order chi connectivity index (χ1) is 15.8. The summed E-state index contributed by atoms with van der Waals surface area (Å²) in [6, 6.07) is 9.34. The van der Waals surface area contributed by atoms with Gasteiger partial charge in [0.1, 0.15) is 25.6 Å². The number of carbonyl (C=O) groups excluding carboxylic acids is 1. The molecule has 0 bridgehead atoms. The molecule has 3 rings (SSSR count). The van der Waals surface area contributed by atoms with Crippen LogP contribution in [-0.2, 0) is 14.8 Å². The van der Waals surface area contributed by atoms with Crippen LogP contribution in [0.25, 0.3) is 0 Å². The van der Waals surface area contributed by atoms with Gasteiger partial charge in [-0.05, 0) is 48.7 Å². The number of hydrogen-bond acceptors (Lipinski definition) is 5. The Morgan fingerprint density at radius 2 is 1.79 bits per heavy atom. The maximum atomic E-state index is 13.5. The van der Waals surface area contributed by atoms with Gasteiger partial charge in [-0.1, -0.05) is 33.1 Å². The molecule has 33 heavy (non-hydrogen) atoms. The highest BCUT2D eigenvalue weighted by Crippen LogP contribution is 2.34. The molecule has 7 nitrogen and oxygen atoms in total. The van der Waals surface area contributed by atoms with Crippen molar-refractivity contribution in [3.05, 3.63) is 48.3 Å². The lowest BCUT2D eigenvalue weighted by molar-refractivity contribution is -0.119. The second-order valence-electron chi connectivity index (χ2n) is 8.01. The number of nitrogens with one attached hydrogen (secondary N) is 1. The van der Waals surface area contributed by atoms with Crippen LogP contribution in [0.15, 0.2) is 47.4 Å². The lowest BCUT2D eigenvalue weighted by atomic mass is 9.99. The van der Waals surface area contributed by atoms with Crippen molar-refractivity contribution >= 4 is 21.6 Å². The maximum Gasteiger partial charge on any atom is 0.264 e. The van der Waals surface area contributed by atoms with Crippen molar-refractivity contribution in [1.29, 1.82) is 0 Å². The molecule has 1 N–H and O–H groups in total. The third-order valence-electron chi connectivity index (χ3n) is 5.63. The second-order valence-corrected chi connectivity index (χ2v) is 9.88. The van der Waals surface area contributed by atoms with Gasteiger partial charge in [-0.3, -0.25) is 9.10 Å². The molecule has 1 atom stereocenters. The van der Waals surface area contributed by atoms with Crippen molar-refractivity contribution in [1.82, 2.24) is 5.32 Å². The summed E-state index contributed by atoms with van der Waals surface area (Å²) in [5.41, 5.74) is 0.194. The zero-order chi connectivity index (χ0) is 23.8. The van der Waals surface area contributed by atoms with Crippen molar-refractivity contribution in [2.24, 2.45) is 5.92 Å². The Labute approximate surface area is 194 Å². The summed E-state index contributed by atoms with van der Waals surface area (Å²) in [4.78, 5) is 12.7. The molecule has 0 unspecified atom stereocenters. The molecule has 9 heteroatoms. The Morgan fingerprint density at radius 3 is 2.45 bits per heavy atom. The molecule has 1 aliphatic rings. The van der Waals surface area contributed by atoms with E-state index in [1.807, 2.05) is 0 Å². The van der Waals surface area contributed by atoms with E-state index in [2.05, 4.69) is 19.2 Å². The summed E-state index contributed by atoms with van der Waals surface area (Å²) >= 11 is 0. The third-order valence-corrected chi connectivity index (χ3v) is 7.40. The number of ether oxygens (including phenoxy) is 2. The van der Waals surface area contributed by atoms with Crippen LogP contribution in [0, 0.1) is 11.7 Å². The lowest BCUT2D eigenvalue weighted by Gasteiger charge is -2.26. The lowest BCUT2D eigenvalue weighted by Crippen LogP contribution is -2.42. The molecule has 180 valence electrons. The molecule has 0 saturated carbocycles. The van der Waals surface area contributed by atoms with Crippen molar-refractivity contribution in [2.75, 3.05) is 30.6 Å². The molecule has 1 aliphatic heterocycles. The van der Waals surface area contributed by atoms with Crippen LogP contribution in [0.1, 0.15) is 39.5 Å². The minimum absolute atomic E-state index is 0.0433. The van der Waals surface area contributed by atoms with Crippen LogP contribution < -0.4 is 19.1 Å². The van der Waals surface area contributed by atoms with Gasteiger partial charge in [0.05, 0.1) is 10.6 Å². The van der Waals surface area contributed by atoms with E-state index in [0.717, 1.165) is 42.1 Å². The molecular formula is C24H31FN2O5S. The van der Waals surface area contributed by atoms with Crippen LogP contribution in [0.4, 0.5) is 10.1 Å². The third kappa shape index (κ3) is 6.37. The summed E-state index contributed by atoms with van der Waals surface area (Å²) in [5, 5.41) is 2.86. The van der Waals surface area contributed by atoms with Gasteiger partial charge in [-0.25, -0.2) is 12.8 Å². The zero-order valence-corrected chi connectivity index (χ0v) is 19.9. The van der Waals surface area contributed by atoms with Gasteiger partial charge < -0.3 is 14.8 Å². The number of sulfonamides is 1. The van der Waals surface area contributed by atoms with Gasteiger partial charge in [0.15, 0.2) is 11.5 Å². The quantitative estimate of drug-likeness (QED) is 0.525.